The number of anilines is 1. The van der Waals surface area contributed by atoms with Gasteiger partial charge in [0.15, 0.2) is 5.82 Å². The summed E-state index contributed by atoms with van der Waals surface area (Å²) in [6.45, 7) is 4.02. The van der Waals surface area contributed by atoms with Crippen LogP contribution in [0.2, 0.25) is 0 Å². The highest BCUT2D eigenvalue weighted by molar-refractivity contribution is 5.22. The van der Waals surface area contributed by atoms with Crippen LogP contribution in [0, 0.1) is 0 Å². The van der Waals surface area contributed by atoms with E-state index in [0.717, 1.165) is 18.9 Å². The summed E-state index contributed by atoms with van der Waals surface area (Å²) in [5, 5.41) is 7.44. The monoisotopic (exact) mass is 167 g/mol. The SMILES string of the molecule is Cn1nc(C2(C)CNC2)nc1N. The first-order valence-electron chi connectivity index (χ1n) is 3.99. The van der Waals surface area contributed by atoms with Crippen molar-refractivity contribution in [3.8, 4) is 0 Å². The van der Waals surface area contributed by atoms with E-state index in [9.17, 15) is 0 Å². The van der Waals surface area contributed by atoms with Crippen molar-refractivity contribution < 1.29 is 0 Å². The normalized spacial score (nSPS) is 20.5. The molecule has 2 rings (SSSR count). The lowest BCUT2D eigenvalue weighted by atomic mass is 9.83. The van der Waals surface area contributed by atoms with E-state index in [-0.39, 0.29) is 5.41 Å². The molecule has 1 aromatic rings. The largest absolute Gasteiger partial charge is 0.368 e. The first-order chi connectivity index (χ1) is 5.62. The lowest BCUT2D eigenvalue weighted by molar-refractivity contribution is 0.288. The van der Waals surface area contributed by atoms with E-state index in [0.29, 0.717) is 5.95 Å². The lowest BCUT2D eigenvalue weighted by Crippen LogP contribution is -2.55. The number of hydrogen-bond donors (Lipinski definition) is 2. The Morgan fingerprint density at radius 1 is 1.58 bits per heavy atom. The van der Waals surface area contributed by atoms with Crippen LogP contribution in [-0.2, 0) is 12.5 Å². The number of nitrogens with zero attached hydrogens (tertiary/aromatic N) is 3. The number of rotatable bonds is 1. The molecule has 0 unspecified atom stereocenters. The first kappa shape index (κ1) is 7.54. The molecule has 1 fully saturated rings. The van der Waals surface area contributed by atoms with E-state index in [1.807, 2.05) is 0 Å². The second-order valence-electron chi connectivity index (χ2n) is 3.58. The summed E-state index contributed by atoms with van der Waals surface area (Å²) >= 11 is 0. The van der Waals surface area contributed by atoms with Gasteiger partial charge >= 0.3 is 0 Å². The fourth-order valence-corrected chi connectivity index (χ4v) is 1.31. The zero-order chi connectivity index (χ0) is 8.77. The van der Waals surface area contributed by atoms with Crippen molar-refractivity contribution in [3.05, 3.63) is 5.82 Å². The summed E-state index contributed by atoms with van der Waals surface area (Å²) in [6, 6.07) is 0. The third kappa shape index (κ3) is 0.896. The highest BCUT2D eigenvalue weighted by Gasteiger charge is 2.37. The molecule has 5 heteroatoms. The van der Waals surface area contributed by atoms with Crippen molar-refractivity contribution >= 4 is 5.95 Å². The van der Waals surface area contributed by atoms with Gasteiger partial charge in [-0.15, -0.1) is 0 Å². The van der Waals surface area contributed by atoms with Crippen LogP contribution in [0.15, 0.2) is 0 Å². The number of aryl methyl sites for hydroxylation is 1. The predicted octanol–water partition coefficient (Wildman–Crippen LogP) is -0.742. The van der Waals surface area contributed by atoms with Crippen molar-refractivity contribution in [1.82, 2.24) is 20.1 Å². The minimum Gasteiger partial charge on any atom is -0.368 e. The molecule has 1 aromatic heterocycles. The van der Waals surface area contributed by atoms with Crippen LogP contribution in [0.4, 0.5) is 5.95 Å². The van der Waals surface area contributed by atoms with Gasteiger partial charge in [-0.2, -0.15) is 10.1 Å². The van der Waals surface area contributed by atoms with Gasteiger partial charge in [0.25, 0.3) is 0 Å². The van der Waals surface area contributed by atoms with Crippen LogP contribution < -0.4 is 11.1 Å². The molecule has 0 aromatic carbocycles. The molecule has 66 valence electrons. The lowest BCUT2D eigenvalue weighted by Gasteiger charge is -2.36. The van der Waals surface area contributed by atoms with Gasteiger partial charge in [0.05, 0.1) is 5.41 Å². The van der Waals surface area contributed by atoms with Crippen LogP contribution >= 0.6 is 0 Å². The molecule has 0 aliphatic carbocycles. The van der Waals surface area contributed by atoms with Gasteiger partial charge in [0, 0.05) is 20.1 Å². The van der Waals surface area contributed by atoms with Crippen LogP contribution in [0.5, 0.6) is 0 Å². The van der Waals surface area contributed by atoms with Gasteiger partial charge < -0.3 is 11.1 Å². The molecular weight excluding hydrogens is 154 g/mol. The van der Waals surface area contributed by atoms with Crippen molar-refractivity contribution in [2.75, 3.05) is 18.8 Å². The number of aromatic nitrogens is 3. The van der Waals surface area contributed by atoms with Gasteiger partial charge in [-0.1, -0.05) is 0 Å². The summed E-state index contributed by atoms with van der Waals surface area (Å²) in [6.07, 6.45) is 0. The third-order valence-electron chi connectivity index (χ3n) is 2.37. The number of nitrogens with one attached hydrogen (secondary N) is 1. The van der Waals surface area contributed by atoms with Gasteiger partial charge in [0.1, 0.15) is 0 Å². The molecule has 0 spiro atoms. The van der Waals surface area contributed by atoms with Crippen LogP contribution in [0.25, 0.3) is 0 Å². The fraction of sp³-hybridized carbons (Fsp3) is 0.714. The number of nitrogens with two attached hydrogens (primary N) is 1. The Labute approximate surface area is 71.0 Å². The highest BCUT2D eigenvalue weighted by Crippen LogP contribution is 2.24. The van der Waals surface area contributed by atoms with Crippen LogP contribution in [0.3, 0.4) is 0 Å². The summed E-state index contributed by atoms with van der Waals surface area (Å²) < 4.78 is 1.61. The van der Waals surface area contributed by atoms with E-state index in [1.165, 1.54) is 0 Å². The molecule has 1 aliphatic heterocycles. The molecule has 0 radical (unpaired) electrons. The highest BCUT2D eigenvalue weighted by atomic mass is 15.4. The van der Waals surface area contributed by atoms with E-state index >= 15 is 0 Å². The molecule has 1 aliphatic rings. The number of hydrogen-bond acceptors (Lipinski definition) is 4. The molecular formula is C7H13N5. The van der Waals surface area contributed by atoms with E-state index in [4.69, 9.17) is 5.73 Å². The Morgan fingerprint density at radius 2 is 2.25 bits per heavy atom. The maximum atomic E-state index is 5.59. The Morgan fingerprint density at radius 3 is 2.58 bits per heavy atom. The Balaban J connectivity index is 2.34. The fourth-order valence-electron chi connectivity index (χ4n) is 1.31. The smallest absolute Gasteiger partial charge is 0.218 e. The maximum Gasteiger partial charge on any atom is 0.218 e. The molecule has 12 heavy (non-hydrogen) atoms. The minimum absolute atomic E-state index is 0.0926. The van der Waals surface area contributed by atoms with Gasteiger partial charge in [-0.3, -0.25) is 0 Å². The average Bonchev–Trinajstić information content (AvgIpc) is 2.28. The van der Waals surface area contributed by atoms with Gasteiger partial charge in [-0.05, 0) is 6.92 Å². The summed E-state index contributed by atoms with van der Waals surface area (Å²) in [5.41, 5.74) is 5.68. The Hall–Kier alpha value is -1.10. The minimum atomic E-state index is 0.0926. The van der Waals surface area contributed by atoms with Crippen molar-refractivity contribution in [2.24, 2.45) is 7.05 Å². The molecule has 0 amide bonds. The van der Waals surface area contributed by atoms with Gasteiger partial charge in [-0.25, -0.2) is 4.68 Å². The van der Waals surface area contributed by atoms with Gasteiger partial charge in [0.2, 0.25) is 5.95 Å². The number of nitrogen functional groups attached to an aromatic ring is 1. The second kappa shape index (κ2) is 2.20. The van der Waals surface area contributed by atoms with Crippen molar-refractivity contribution in [3.63, 3.8) is 0 Å². The summed E-state index contributed by atoms with van der Waals surface area (Å²) in [7, 11) is 1.81. The first-order valence-corrected chi connectivity index (χ1v) is 3.99. The summed E-state index contributed by atoms with van der Waals surface area (Å²) in [5.74, 6) is 1.33. The zero-order valence-corrected chi connectivity index (χ0v) is 7.33. The molecule has 0 bridgehead atoms. The van der Waals surface area contributed by atoms with Crippen molar-refractivity contribution in [2.45, 2.75) is 12.3 Å². The third-order valence-corrected chi connectivity index (χ3v) is 2.37. The molecule has 2 heterocycles. The van der Waals surface area contributed by atoms with Crippen LogP contribution in [0.1, 0.15) is 12.7 Å². The zero-order valence-electron chi connectivity index (χ0n) is 7.33. The maximum absolute atomic E-state index is 5.59. The van der Waals surface area contributed by atoms with E-state index < -0.39 is 0 Å². The predicted molar refractivity (Wildman–Crippen MR) is 45.6 cm³/mol. The molecule has 5 nitrogen and oxygen atoms in total. The standard InChI is InChI=1S/C7H13N5/c1-7(3-9-4-7)5-10-6(8)12(2)11-5/h9H,3-4H2,1-2H3,(H2,8,10,11). The van der Waals surface area contributed by atoms with Crippen molar-refractivity contribution in [1.29, 1.82) is 0 Å². The van der Waals surface area contributed by atoms with E-state index in [2.05, 4.69) is 22.3 Å². The summed E-state index contributed by atoms with van der Waals surface area (Å²) in [4.78, 5) is 4.19. The van der Waals surface area contributed by atoms with Crippen LogP contribution in [-0.4, -0.2) is 27.9 Å². The topological polar surface area (TPSA) is 68.8 Å². The Kier molecular flexibility index (Phi) is 1.38. The molecule has 3 N–H and O–H groups in total. The van der Waals surface area contributed by atoms with E-state index in [1.54, 1.807) is 11.7 Å². The molecule has 1 saturated heterocycles. The molecule has 0 atom stereocenters. The quantitative estimate of drug-likeness (QED) is 0.578. The second-order valence-corrected chi connectivity index (χ2v) is 3.58. The molecule has 0 saturated carbocycles. The Bertz CT molecular complexity index is 279. The average molecular weight is 167 g/mol.